The third kappa shape index (κ3) is 3.22. The van der Waals surface area contributed by atoms with Crippen molar-refractivity contribution in [3.05, 3.63) is 48.0 Å². The number of amides is 2. The van der Waals surface area contributed by atoms with Crippen LogP contribution in [0, 0.1) is 11.3 Å². The van der Waals surface area contributed by atoms with Gasteiger partial charge >= 0.3 is 6.18 Å². The molecule has 1 aliphatic carbocycles. The summed E-state index contributed by atoms with van der Waals surface area (Å²) in [7, 11) is 0. The van der Waals surface area contributed by atoms with E-state index in [0.29, 0.717) is 24.9 Å². The van der Waals surface area contributed by atoms with Crippen LogP contribution in [0.2, 0.25) is 0 Å². The van der Waals surface area contributed by atoms with Crippen molar-refractivity contribution in [3.63, 3.8) is 0 Å². The highest BCUT2D eigenvalue weighted by molar-refractivity contribution is 5.94. The Morgan fingerprint density at radius 2 is 2.00 bits per heavy atom. The smallest absolute Gasteiger partial charge is 0.348 e. The molecule has 1 saturated heterocycles. The number of hydrogen-bond acceptors (Lipinski definition) is 2. The molecule has 0 radical (unpaired) electrons. The molecule has 1 saturated carbocycles. The average molecular weight is 366 g/mol. The van der Waals surface area contributed by atoms with E-state index in [1.54, 1.807) is 24.3 Å². The zero-order valence-corrected chi connectivity index (χ0v) is 14.3. The molecule has 140 valence electrons. The lowest BCUT2D eigenvalue weighted by Gasteiger charge is -2.31. The Kier molecular flexibility index (Phi) is 4.82. The van der Waals surface area contributed by atoms with Crippen LogP contribution in [-0.2, 0) is 11.3 Å². The largest absolute Gasteiger partial charge is 0.396 e. The van der Waals surface area contributed by atoms with E-state index in [9.17, 15) is 22.8 Å². The van der Waals surface area contributed by atoms with Crippen LogP contribution < -0.4 is 5.32 Å². The molecule has 1 aromatic rings. The van der Waals surface area contributed by atoms with Crippen molar-refractivity contribution < 1.29 is 22.8 Å². The summed E-state index contributed by atoms with van der Waals surface area (Å²) in [5.74, 6) is -1.17. The fourth-order valence-corrected chi connectivity index (χ4v) is 4.12. The van der Waals surface area contributed by atoms with Gasteiger partial charge in [0.1, 0.15) is 0 Å². The summed E-state index contributed by atoms with van der Waals surface area (Å²) in [6.45, 7) is 3.56. The number of fused-ring (bicyclic) bond motifs is 1. The van der Waals surface area contributed by atoms with E-state index < -0.39 is 17.5 Å². The Hall–Kier alpha value is -2.31. The zero-order chi connectivity index (χ0) is 18.9. The maximum atomic E-state index is 13.6. The number of alkyl halides is 3. The summed E-state index contributed by atoms with van der Waals surface area (Å²) >= 11 is 0. The quantitative estimate of drug-likeness (QED) is 0.832. The molecule has 4 nitrogen and oxygen atoms in total. The lowest BCUT2D eigenvalue weighted by atomic mass is 9.80. The first-order valence-corrected chi connectivity index (χ1v) is 8.62. The van der Waals surface area contributed by atoms with Gasteiger partial charge < -0.3 is 10.2 Å². The van der Waals surface area contributed by atoms with E-state index >= 15 is 0 Å². The van der Waals surface area contributed by atoms with E-state index in [1.165, 1.54) is 11.0 Å². The highest BCUT2D eigenvalue weighted by Crippen LogP contribution is 2.57. The molecule has 1 aliphatic heterocycles. The minimum Gasteiger partial charge on any atom is -0.348 e. The summed E-state index contributed by atoms with van der Waals surface area (Å²) in [5.41, 5.74) is -0.583. The highest BCUT2D eigenvalue weighted by Gasteiger charge is 2.65. The summed E-state index contributed by atoms with van der Waals surface area (Å²) in [6.07, 6.45) is -1.93. The van der Waals surface area contributed by atoms with Crippen LogP contribution in [0.5, 0.6) is 0 Å². The maximum absolute atomic E-state index is 13.6. The van der Waals surface area contributed by atoms with Crippen molar-refractivity contribution in [2.24, 2.45) is 11.3 Å². The van der Waals surface area contributed by atoms with Gasteiger partial charge in [0, 0.05) is 25.2 Å². The third-order valence-electron chi connectivity index (χ3n) is 5.58. The molecule has 2 atom stereocenters. The normalized spacial score (nSPS) is 25.0. The summed E-state index contributed by atoms with van der Waals surface area (Å²) < 4.78 is 40.8. The molecule has 2 fully saturated rings. The van der Waals surface area contributed by atoms with Gasteiger partial charge in [0.05, 0.1) is 5.41 Å². The molecule has 0 aromatic heterocycles. The van der Waals surface area contributed by atoms with E-state index in [-0.39, 0.29) is 31.3 Å². The Bertz CT molecular complexity index is 714. The predicted molar refractivity (Wildman–Crippen MR) is 90.2 cm³/mol. The average Bonchev–Trinajstić information content (AvgIpc) is 3.17. The van der Waals surface area contributed by atoms with Crippen LogP contribution in [0.25, 0.3) is 0 Å². The lowest BCUT2D eigenvalue weighted by Crippen LogP contribution is -2.42. The molecule has 1 N–H and O–H groups in total. The SMILES string of the molecule is C=CC(=O)NCc1ccc(C(=O)N2C[C@@H]3CCC[C@]3(C(F)(F)F)C2)cc1. The van der Waals surface area contributed by atoms with Crippen LogP contribution in [-0.4, -0.2) is 36.0 Å². The van der Waals surface area contributed by atoms with E-state index in [1.807, 2.05) is 0 Å². The fourth-order valence-electron chi connectivity index (χ4n) is 4.12. The topological polar surface area (TPSA) is 49.4 Å². The molecule has 0 spiro atoms. The molecule has 2 aliphatic rings. The van der Waals surface area contributed by atoms with Gasteiger partial charge in [0.2, 0.25) is 5.91 Å². The minimum absolute atomic E-state index is 0.104. The van der Waals surface area contributed by atoms with Gasteiger partial charge in [-0.2, -0.15) is 13.2 Å². The number of nitrogens with zero attached hydrogens (tertiary/aromatic N) is 1. The van der Waals surface area contributed by atoms with Crippen LogP contribution in [0.4, 0.5) is 13.2 Å². The predicted octanol–water partition coefficient (Wildman–Crippen LogP) is 3.29. The molecule has 0 bridgehead atoms. The van der Waals surface area contributed by atoms with Crippen molar-refractivity contribution in [1.82, 2.24) is 10.2 Å². The van der Waals surface area contributed by atoms with E-state index in [0.717, 1.165) is 5.56 Å². The Morgan fingerprint density at radius 1 is 1.31 bits per heavy atom. The minimum atomic E-state index is -4.28. The van der Waals surface area contributed by atoms with Crippen molar-refractivity contribution in [2.75, 3.05) is 13.1 Å². The Labute approximate surface area is 150 Å². The number of carbonyl (C=O) groups is 2. The number of rotatable bonds is 4. The zero-order valence-electron chi connectivity index (χ0n) is 14.3. The summed E-state index contributed by atoms with van der Waals surface area (Å²) in [4.78, 5) is 25.1. The number of benzene rings is 1. The Morgan fingerprint density at radius 3 is 2.58 bits per heavy atom. The van der Waals surface area contributed by atoms with Crippen molar-refractivity contribution in [2.45, 2.75) is 32.0 Å². The van der Waals surface area contributed by atoms with Crippen LogP contribution in [0.3, 0.4) is 0 Å². The van der Waals surface area contributed by atoms with Crippen LogP contribution in [0.15, 0.2) is 36.9 Å². The molecule has 2 amide bonds. The third-order valence-corrected chi connectivity index (χ3v) is 5.58. The second-order valence-corrected chi connectivity index (χ2v) is 7.05. The first-order chi connectivity index (χ1) is 12.3. The second kappa shape index (κ2) is 6.78. The Balaban J connectivity index is 1.69. The number of halogens is 3. The van der Waals surface area contributed by atoms with Crippen LogP contribution in [0.1, 0.15) is 35.2 Å². The summed E-state index contributed by atoms with van der Waals surface area (Å²) in [6, 6.07) is 6.55. The summed E-state index contributed by atoms with van der Waals surface area (Å²) in [5, 5.41) is 2.62. The molecular weight excluding hydrogens is 345 g/mol. The van der Waals surface area contributed by atoms with Crippen molar-refractivity contribution in [3.8, 4) is 0 Å². The number of hydrogen-bond donors (Lipinski definition) is 1. The number of carbonyl (C=O) groups excluding carboxylic acids is 2. The van der Waals surface area contributed by atoms with E-state index in [2.05, 4.69) is 11.9 Å². The van der Waals surface area contributed by atoms with Gasteiger partial charge in [0.25, 0.3) is 5.91 Å². The standard InChI is InChI=1S/C19H21F3N2O2/c1-2-16(25)23-10-13-5-7-14(8-6-13)17(26)24-11-15-4-3-9-18(15,12-24)19(20,21)22/h2,5-8,15H,1,3-4,9-12H2,(H,23,25)/t15-,18-/m0/s1. The molecule has 0 unspecified atom stereocenters. The van der Waals surface area contributed by atoms with Crippen molar-refractivity contribution >= 4 is 11.8 Å². The van der Waals surface area contributed by atoms with Gasteiger partial charge in [-0.3, -0.25) is 9.59 Å². The fraction of sp³-hybridized carbons (Fsp3) is 0.474. The molecule has 7 heteroatoms. The maximum Gasteiger partial charge on any atom is 0.396 e. The number of nitrogens with one attached hydrogen (secondary N) is 1. The lowest BCUT2D eigenvalue weighted by molar-refractivity contribution is -0.226. The monoisotopic (exact) mass is 366 g/mol. The van der Waals surface area contributed by atoms with Gasteiger partial charge in [-0.1, -0.05) is 25.1 Å². The molecule has 1 aromatic carbocycles. The van der Waals surface area contributed by atoms with Crippen molar-refractivity contribution in [1.29, 1.82) is 0 Å². The number of likely N-dealkylation sites (tertiary alicyclic amines) is 1. The molecule has 1 heterocycles. The second-order valence-electron chi connectivity index (χ2n) is 7.05. The van der Waals surface area contributed by atoms with Crippen LogP contribution >= 0.6 is 0 Å². The van der Waals surface area contributed by atoms with Gasteiger partial charge in [-0.05, 0) is 42.5 Å². The van der Waals surface area contributed by atoms with Gasteiger partial charge in [-0.15, -0.1) is 0 Å². The van der Waals surface area contributed by atoms with Gasteiger partial charge in [0.15, 0.2) is 0 Å². The molecule has 26 heavy (non-hydrogen) atoms. The first kappa shape index (κ1) is 18.5. The van der Waals surface area contributed by atoms with Gasteiger partial charge in [-0.25, -0.2) is 0 Å². The first-order valence-electron chi connectivity index (χ1n) is 8.62. The molecule has 3 rings (SSSR count). The van der Waals surface area contributed by atoms with E-state index in [4.69, 9.17) is 0 Å². The highest BCUT2D eigenvalue weighted by atomic mass is 19.4. The molecular formula is C19H21F3N2O2.